The maximum absolute atomic E-state index is 3.79. The molecule has 0 saturated heterocycles. The molecule has 0 aliphatic heterocycles. The molecule has 0 aliphatic carbocycles. The van der Waals surface area contributed by atoms with Crippen molar-refractivity contribution in [3.63, 3.8) is 0 Å². The minimum Gasteiger partial charge on any atom is -0.123 e. The summed E-state index contributed by atoms with van der Waals surface area (Å²) in [4.78, 5) is 0. The van der Waals surface area contributed by atoms with Crippen LogP contribution >= 0.6 is 9.24 Å². The summed E-state index contributed by atoms with van der Waals surface area (Å²) in [6.45, 7) is 5.91. The molecule has 0 aliphatic rings. The zero-order chi connectivity index (χ0) is 8.32. The van der Waals surface area contributed by atoms with E-state index in [1.165, 1.54) is 5.56 Å². The molecule has 1 heteroatoms. The average molecular weight is 164 g/mol. The van der Waals surface area contributed by atoms with E-state index >= 15 is 0 Å². The number of allylic oxidation sites excluding steroid dienone is 1. The molecule has 0 bridgehead atoms. The molecule has 0 radical (unpaired) electrons. The summed E-state index contributed by atoms with van der Waals surface area (Å²) in [5.74, 6) is 0. The van der Waals surface area contributed by atoms with Crippen molar-refractivity contribution in [2.45, 2.75) is 12.1 Å². The second kappa shape index (κ2) is 3.19. The molecule has 0 N–H and O–H groups in total. The molecule has 0 fully saturated rings. The Morgan fingerprint density at radius 1 is 1.36 bits per heavy atom. The van der Waals surface area contributed by atoms with Gasteiger partial charge >= 0.3 is 0 Å². The van der Waals surface area contributed by atoms with Gasteiger partial charge in [-0.25, -0.2) is 0 Å². The molecule has 0 heterocycles. The van der Waals surface area contributed by atoms with Crippen LogP contribution in [0.15, 0.2) is 43.0 Å². The molecule has 2 atom stereocenters. The standard InChI is InChI=1S/C10H13P/c1-3-10(2,11)9-7-5-4-6-8-9/h3-8H,1,11H2,2H3. The van der Waals surface area contributed by atoms with Gasteiger partial charge in [0.15, 0.2) is 0 Å². The lowest BCUT2D eigenvalue weighted by Gasteiger charge is -2.19. The Hall–Kier alpha value is -0.610. The Labute approximate surface area is 70.5 Å². The van der Waals surface area contributed by atoms with E-state index in [4.69, 9.17) is 0 Å². The molecular formula is C10H13P. The molecular weight excluding hydrogens is 151 g/mol. The molecule has 0 nitrogen and oxygen atoms in total. The van der Waals surface area contributed by atoms with E-state index in [1.807, 2.05) is 24.3 Å². The van der Waals surface area contributed by atoms with Crippen LogP contribution in [0.2, 0.25) is 0 Å². The first-order chi connectivity index (χ1) is 5.17. The molecule has 0 saturated carbocycles. The van der Waals surface area contributed by atoms with Crippen LogP contribution < -0.4 is 0 Å². The second-order valence-electron chi connectivity index (χ2n) is 2.85. The predicted octanol–water partition coefficient (Wildman–Crippen LogP) is 2.96. The summed E-state index contributed by atoms with van der Waals surface area (Å²) in [6, 6.07) is 10.3. The lowest BCUT2D eigenvalue weighted by atomic mass is 10.0. The van der Waals surface area contributed by atoms with Gasteiger partial charge < -0.3 is 0 Å². The zero-order valence-corrected chi connectivity index (χ0v) is 7.90. The van der Waals surface area contributed by atoms with Gasteiger partial charge in [0.2, 0.25) is 0 Å². The third-order valence-electron chi connectivity index (χ3n) is 1.82. The third kappa shape index (κ3) is 1.91. The van der Waals surface area contributed by atoms with Crippen LogP contribution in [0.4, 0.5) is 0 Å². The van der Waals surface area contributed by atoms with E-state index in [9.17, 15) is 0 Å². The summed E-state index contributed by atoms with van der Waals surface area (Å²) < 4.78 is 0. The van der Waals surface area contributed by atoms with E-state index < -0.39 is 0 Å². The first-order valence-electron chi connectivity index (χ1n) is 3.65. The molecule has 0 aromatic heterocycles. The highest BCUT2D eigenvalue weighted by Crippen LogP contribution is 2.31. The van der Waals surface area contributed by atoms with Gasteiger partial charge in [-0.3, -0.25) is 0 Å². The Morgan fingerprint density at radius 2 is 1.91 bits per heavy atom. The number of hydrogen-bond donors (Lipinski definition) is 0. The van der Waals surface area contributed by atoms with Crippen molar-refractivity contribution in [1.29, 1.82) is 0 Å². The van der Waals surface area contributed by atoms with Gasteiger partial charge in [0.1, 0.15) is 0 Å². The Balaban J connectivity index is 3.02. The lowest BCUT2D eigenvalue weighted by Crippen LogP contribution is -2.07. The molecule has 0 spiro atoms. The highest BCUT2D eigenvalue weighted by Gasteiger charge is 2.14. The maximum atomic E-state index is 3.79. The largest absolute Gasteiger partial charge is 0.123 e. The van der Waals surface area contributed by atoms with Crippen LogP contribution in [-0.4, -0.2) is 0 Å². The molecule has 2 unspecified atom stereocenters. The van der Waals surface area contributed by atoms with E-state index in [0.29, 0.717) is 0 Å². The highest BCUT2D eigenvalue weighted by atomic mass is 31.0. The van der Waals surface area contributed by atoms with Crippen molar-refractivity contribution in [2.24, 2.45) is 0 Å². The van der Waals surface area contributed by atoms with Crippen LogP contribution in [0.25, 0.3) is 0 Å². The van der Waals surface area contributed by atoms with E-state index in [0.717, 1.165) is 0 Å². The summed E-state index contributed by atoms with van der Waals surface area (Å²) >= 11 is 0. The van der Waals surface area contributed by atoms with Crippen LogP contribution in [0.5, 0.6) is 0 Å². The minimum atomic E-state index is 0.0151. The normalized spacial score (nSPS) is 15.5. The highest BCUT2D eigenvalue weighted by molar-refractivity contribution is 7.18. The quantitative estimate of drug-likeness (QED) is 0.465. The predicted molar refractivity (Wildman–Crippen MR) is 53.7 cm³/mol. The van der Waals surface area contributed by atoms with Crippen molar-refractivity contribution in [3.05, 3.63) is 48.6 Å². The molecule has 1 aromatic carbocycles. The van der Waals surface area contributed by atoms with Crippen LogP contribution in [0.1, 0.15) is 12.5 Å². The van der Waals surface area contributed by atoms with Crippen molar-refractivity contribution in [2.75, 3.05) is 0 Å². The first kappa shape index (κ1) is 8.49. The van der Waals surface area contributed by atoms with Crippen molar-refractivity contribution in [3.8, 4) is 0 Å². The number of hydrogen-bond acceptors (Lipinski definition) is 0. The maximum Gasteiger partial charge on any atom is 0.0244 e. The average Bonchev–Trinajstić information content (AvgIpc) is 2.06. The van der Waals surface area contributed by atoms with Gasteiger partial charge in [0.05, 0.1) is 0 Å². The van der Waals surface area contributed by atoms with Gasteiger partial charge in [-0.1, -0.05) is 36.4 Å². The van der Waals surface area contributed by atoms with Crippen LogP contribution in [0.3, 0.4) is 0 Å². The van der Waals surface area contributed by atoms with E-state index in [2.05, 4.69) is 34.9 Å². The lowest BCUT2D eigenvalue weighted by molar-refractivity contribution is 0.884. The Bertz CT molecular complexity index is 236. The van der Waals surface area contributed by atoms with E-state index in [1.54, 1.807) is 0 Å². The molecule has 11 heavy (non-hydrogen) atoms. The Kier molecular flexibility index (Phi) is 2.46. The van der Waals surface area contributed by atoms with Crippen molar-refractivity contribution in [1.82, 2.24) is 0 Å². The smallest absolute Gasteiger partial charge is 0.0244 e. The Morgan fingerprint density at radius 3 is 2.36 bits per heavy atom. The monoisotopic (exact) mass is 164 g/mol. The van der Waals surface area contributed by atoms with Gasteiger partial charge in [-0.05, 0) is 12.5 Å². The minimum absolute atomic E-state index is 0.0151. The summed E-state index contributed by atoms with van der Waals surface area (Å²) in [5, 5.41) is 0.0151. The van der Waals surface area contributed by atoms with Gasteiger partial charge in [0, 0.05) is 5.16 Å². The molecule has 1 rings (SSSR count). The molecule has 1 aromatic rings. The third-order valence-corrected chi connectivity index (χ3v) is 2.39. The SMILES string of the molecule is C=CC(C)(P)c1ccccc1. The van der Waals surface area contributed by atoms with Crippen molar-refractivity contribution < 1.29 is 0 Å². The van der Waals surface area contributed by atoms with Crippen LogP contribution in [-0.2, 0) is 5.16 Å². The van der Waals surface area contributed by atoms with Gasteiger partial charge in [-0.2, -0.15) is 0 Å². The fraction of sp³-hybridized carbons (Fsp3) is 0.200. The summed E-state index contributed by atoms with van der Waals surface area (Å²) in [5.41, 5.74) is 1.28. The topological polar surface area (TPSA) is 0 Å². The fourth-order valence-electron chi connectivity index (χ4n) is 0.915. The summed E-state index contributed by atoms with van der Waals surface area (Å²) in [6.07, 6.45) is 1.94. The fourth-order valence-corrected chi connectivity index (χ4v) is 1.11. The molecule has 0 amide bonds. The number of benzene rings is 1. The second-order valence-corrected chi connectivity index (χ2v) is 4.05. The number of rotatable bonds is 2. The molecule has 58 valence electrons. The zero-order valence-electron chi connectivity index (χ0n) is 6.75. The van der Waals surface area contributed by atoms with Crippen molar-refractivity contribution >= 4 is 9.24 Å². The van der Waals surface area contributed by atoms with Gasteiger partial charge in [-0.15, -0.1) is 15.8 Å². The van der Waals surface area contributed by atoms with Crippen LogP contribution in [0, 0.1) is 0 Å². The first-order valence-corrected chi connectivity index (χ1v) is 4.22. The van der Waals surface area contributed by atoms with Gasteiger partial charge in [0.25, 0.3) is 0 Å². The van der Waals surface area contributed by atoms with E-state index in [-0.39, 0.29) is 5.16 Å². The summed E-state index contributed by atoms with van der Waals surface area (Å²) in [7, 11) is 2.79.